The molecule has 0 aromatic heterocycles. The van der Waals surface area contributed by atoms with Crippen molar-refractivity contribution in [3.05, 3.63) is 47.5 Å². The summed E-state index contributed by atoms with van der Waals surface area (Å²) in [6, 6.07) is 12.7. The van der Waals surface area contributed by atoms with Crippen molar-refractivity contribution in [2.24, 2.45) is 0 Å². The molecule has 1 atom stereocenters. The van der Waals surface area contributed by atoms with E-state index in [9.17, 15) is 9.00 Å². The molecule has 1 amide bonds. The lowest BCUT2D eigenvalue weighted by atomic mass is 10.0. The maximum atomic E-state index is 13.1. The van der Waals surface area contributed by atoms with Gasteiger partial charge in [0.1, 0.15) is 16.7 Å². The largest absolute Gasteiger partial charge is 0.497 e. The first-order chi connectivity index (χ1) is 16.6. The zero-order valence-electron chi connectivity index (χ0n) is 22.2. The second kappa shape index (κ2) is 12.0. The van der Waals surface area contributed by atoms with E-state index in [4.69, 9.17) is 4.74 Å². The molecule has 0 spiro atoms. The smallest absolute Gasteiger partial charge is 0.228 e. The van der Waals surface area contributed by atoms with Crippen molar-refractivity contribution >= 4 is 28.3 Å². The normalized spacial score (nSPS) is 15.5. The molecule has 192 valence electrons. The van der Waals surface area contributed by atoms with Crippen LogP contribution in [0.3, 0.4) is 0 Å². The first kappa shape index (κ1) is 27.2. The predicted molar refractivity (Wildman–Crippen MR) is 145 cm³/mol. The van der Waals surface area contributed by atoms with Gasteiger partial charge in [-0.05, 0) is 88.3 Å². The van der Waals surface area contributed by atoms with E-state index in [1.807, 2.05) is 38.1 Å². The molecule has 1 aliphatic rings. The quantitative estimate of drug-likeness (QED) is 0.524. The van der Waals surface area contributed by atoms with E-state index in [1.165, 1.54) is 5.69 Å². The van der Waals surface area contributed by atoms with E-state index in [-0.39, 0.29) is 12.3 Å². The lowest BCUT2D eigenvalue weighted by Crippen LogP contribution is -2.42. The Hall–Kier alpha value is -2.42. The highest BCUT2D eigenvalue weighted by Gasteiger charge is 2.22. The third-order valence-corrected chi connectivity index (χ3v) is 8.68. The fourth-order valence-corrected chi connectivity index (χ4v) is 5.87. The fraction of sp³-hybridized carbons (Fsp3) is 0.519. The molecular formula is C27H40N4O3S. The van der Waals surface area contributed by atoms with Crippen molar-refractivity contribution in [1.29, 1.82) is 0 Å². The van der Waals surface area contributed by atoms with Gasteiger partial charge in [-0.1, -0.05) is 0 Å². The number of carbonyl (C=O) groups is 1. The van der Waals surface area contributed by atoms with E-state index in [0.717, 1.165) is 53.4 Å². The summed E-state index contributed by atoms with van der Waals surface area (Å²) in [7, 11) is 8.17. The Labute approximate surface area is 213 Å². The van der Waals surface area contributed by atoms with E-state index >= 15 is 0 Å². The van der Waals surface area contributed by atoms with Crippen molar-refractivity contribution in [2.45, 2.75) is 44.0 Å². The van der Waals surface area contributed by atoms with Gasteiger partial charge in [0.05, 0.1) is 12.0 Å². The summed E-state index contributed by atoms with van der Waals surface area (Å²) in [5.41, 5.74) is 3.91. The number of hydrogen-bond acceptors (Lipinski definition) is 5. The van der Waals surface area contributed by atoms with Crippen LogP contribution in [0.1, 0.15) is 30.4 Å². The number of methoxy groups -OCH3 is 1. The number of amides is 1. The summed E-state index contributed by atoms with van der Waals surface area (Å²) >= 11 is 0. The first-order valence-electron chi connectivity index (χ1n) is 12.2. The van der Waals surface area contributed by atoms with Crippen LogP contribution in [0.4, 0.5) is 11.4 Å². The number of piperidine rings is 1. The SMILES string of the molecule is COc1cc(C)c(S(=O)N(C)CCC(=O)N(C)c2ccc(N3CCC(N(C)C)CC3)cc2)c(C)c1. The molecule has 2 aromatic carbocycles. The van der Waals surface area contributed by atoms with Gasteiger partial charge in [0.2, 0.25) is 5.91 Å². The lowest BCUT2D eigenvalue weighted by Gasteiger charge is -2.36. The number of aryl methyl sites for hydroxylation is 2. The van der Waals surface area contributed by atoms with E-state index in [1.54, 1.807) is 30.4 Å². The summed E-state index contributed by atoms with van der Waals surface area (Å²) < 4.78 is 20.2. The maximum absolute atomic E-state index is 13.1. The number of anilines is 2. The molecular weight excluding hydrogens is 460 g/mol. The number of nitrogens with zero attached hydrogens (tertiary/aromatic N) is 4. The maximum Gasteiger partial charge on any atom is 0.228 e. The Balaban J connectivity index is 1.55. The molecule has 0 radical (unpaired) electrons. The molecule has 1 fully saturated rings. The minimum atomic E-state index is -1.35. The molecule has 2 aromatic rings. The van der Waals surface area contributed by atoms with Gasteiger partial charge in [-0.3, -0.25) is 4.79 Å². The molecule has 1 heterocycles. The Morgan fingerprint density at radius 3 is 2.11 bits per heavy atom. The molecule has 0 aliphatic carbocycles. The average molecular weight is 501 g/mol. The van der Waals surface area contributed by atoms with Crippen LogP contribution in [0.25, 0.3) is 0 Å². The molecule has 0 N–H and O–H groups in total. The highest BCUT2D eigenvalue weighted by molar-refractivity contribution is 7.82. The van der Waals surface area contributed by atoms with Crippen LogP contribution >= 0.6 is 0 Å². The average Bonchev–Trinajstić information content (AvgIpc) is 2.86. The monoisotopic (exact) mass is 500 g/mol. The van der Waals surface area contributed by atoms with Crippen molar-refractivity contribution in [1.82, 2.24) is 9.21 Å². The topological polar surface area (TPSA) is 56.3 Å². The van der Waals surface area contributed by atoms with E-state index < -0.39 is 11.0 Å². The Bertz CT molecular complexity index is 1010. The van der Waals surface area contributed by atoms with Gasteiger partial charge in [-0.25, -0.2) is 8.51 Å². The van der Waals surface area contributed by atoms with E-state index in [2.05, 4.69) is 36.0 Å². The second-order valence-electron chi connectivity index (χ2n) is 9.59. The number of hydrogen-bond donors (Lipinski definition) is 0. The molecule has 8 heteroatoms. The third kappa shape index (κ3) is 6.63. The number of ether oxygens (including phenoxy) is 1. The van der Waals surface area contributed by atoms with Gasteiger partial charge < -0.3 is 19.4 Å². The van der Waals surface area contributed by atoms with Crippen LogP contribution < -0.4 is 14.5 Å². The van der Waals surface area contributed by atoms with Crippen LogP contribution in [0.15, 0.2) is 41.3 Å². The molecule has 35 heavy (non-hydrogen) atoms. The molecule has 1 saturated heterocycles. The molecule has 7 nitrogen and oxygen atoms in total. The van der Waals surface area contributed by atoms with Gasteiger partial charge in [0.25, 0.3) is 0 Å². The number of benzene rings is 2. The highest BCUT2D eigenvalue weighted by Crippen LogP contribution is 2.27. The van der Waals surface area contributed by atoms with Gasteiger partial charge in [-0.2, -0.15) is 0 Å². The van der Waals surface area contributed by atoms with Crippen LogP contribution in [0.2, 0.25) is 0 Å². The fourth-order valence-electron chi connectivity index (χ4n) is 4.63. The van der Waals surface area contributed by atoms with Crippen molar-refractivity contribution < 1.29 is 13.7 Å². The van der Waals surface area contributed by atoms with Crippen LogP contribution in [0, 0.1) is 13.8 Å². The molecule has 3 rings (SSSR count). The predicted octanol–water partition coefficient (Wildman–Crippen LogP) is 3.85. The highest BCUT2D eigenvalue weighted by atomic mass is 32.2. The third-order valence-electron chi connectivity index (χ3n) is 6.94. The summed E-state index contributed by atoms with van der Waals surface area (Å²) in [4.78, 5) is 20.1. The molecule has 1 unspecified atom stereocenters. The number of carbonyl (C=O) groups excluding carboxylic acids is 1. The van der Waals surface area contributed by atoms with Gasteiger partial charge in [0.15, 0.2) is 0 Å². The Morgan fingerprint density at radius 1 is 1.03 bits per heavy atom. The summed E-state index contributed by atoms with van der Waals surface area (Å²) in [5.74, 6) is 0.751. The van der Waals surface area contributed by atoms with Gasteiger partial charge in [0, 0.05) is 57.6 Å². The Kier molecular flexibility index (Phi) is 9.33. The van der Waals surface area contributed by atoms with Crippen LogP contribution in [-0.2, 0) is 15.8 Å². The van der Waals surface area contributed by atoms with Crippen LogP contribution in [0.5, 0.6) is 5.75 Å². The van der Waals surface area contributed by atoms with E-state index in [0.29, 0.717) is 12.6 Å². The lowest BCUT2D eigenvalue weighted by molar-refractivity contribution is -0.118. The minimum absolute atomic E-state index is 0.00317. The minimum Gasteiger partial charge on any atom is -0.497 e. The second-order valence-corrected chi connectivity index (χ2v) is 11.1. The zero-order valence-corrected chi connectivity index (χ0v) is 23.0. The summed E-state index contributed by atoms with van der Waals surface area (Å²) in [6.07, 6.45) is 2.61. The molecule has 0 bridgehead atoms. The van der Waals surface area contributed by atoms with Gasteiger partial charge >= 0.3 is 0 Å². The summed E-state index contributed by atoms with van der Waals surface area (Å²) in [5, 5.41) is 0. The molecule has 0 saturated carbocycles. The molecule has 1 aliphatic heterocycles. The Morgan fingerprint density at radius 2 is 1.60 bits per heavy atom. The standard InChI is InChI=1S/C27H40N4O3S/c1-20-18-25(34-7)19-21(2)27(20)35(33)29(5)15-14-26(32)30(6)23-8-10-24(11-9-23)31-16-12-22(13-17-31)28(3)4/h8-11,18-19,22H,12-17H2,1-7H3. The first-order valence-corrected chi connectivity index (χ1v) is 13.3. The number of rotatable bonds is 9. The van der Waals surface area contributed by atoms with Crippen molar-refractivity contribution in [2.75, 3.05) is 64.7 Å². The van der Waals surface area contributed by atoms with Gasteiger partial charge in [-0.15, -0.1) is 0 Å². The zero-order chi connectivity index (χ0) is 25.7. The van der Waals surface area contributed by atoms with Crippen molar-refractivity contribution in [3.63, 3.8) is 0 Å². The van der Waals surface area contributed by atoms with Crippen LogP contribution in [-0.4, -0.2) is 80.3 Å². The van der Waals surface area contributed by atoms with Crippen molar-refractivity contribution in [3.8, 4) is 5.75 Å². The summed E-state index contributed by atoms with van der Waals surface area (Å²) in [6.45, 7) is 6.37.